The summed E-state index contributed by atoms with van der Waals surface area (Å²) in [5.74, 6) is 0.301. The number of hydrogen-bond acceptors (Lipinski definition) is 4. The molecule has 0 aliphatic carbocycles. The van der Waals surface area contributed by atoms with Gasteiger partial charge in [-0.3, -0.25) is 4.79 Å². The fraction of sp³-hybridized carbons (Fsp3) is 0.263. The lowest BCUT2D eigenvalue weighted by Crippen LogP contribution is -2.31. The third-order valence-electron chi connectivity index (χ3n) is 3.56. The summed E-state index contributed by atoms with van der Waals surface area (Å²) < 4.78 is 9.97. The van der Waals surface area contributed by atoms with Gasteiger partial charge < -0.3 is 20.1 Å². The Balaban J connectivity index is 1.80. The highest BCUT2D eigenvalue weighted by Crippen LogP contribution is 2.16. The van der Waals surface area contributed by atoms with Crippen LogP contribution in [-0.2, 0) is 9.53 Å². The van der Waals surface area contributed by atoms with Crippen molar-refractivity contribution >= 4 is 17.7 Å². The molecule has 0 saturated heterocycles. The second-order valence-electron chi connectivity index (χ2n) is 5.43. The number of benzene rings is 2. The molecule has 0 bridgehead atoms. The van der Waals surface area contributed by atoms with Crippen LogP contribution in [0.4, 0.5) is 10.5 Å². The van der Waals surface area contributed by atoms with Crippen molar-refractivity contribution in [2.24, 2.45) is 0 Å². The molecule has 2 aromatic rings. The second-order valence-corrected chi connectivity index (χ2v) is 5.43. The van der Waals surface area contributed by atoms with Crippen molar-refractivity contribution in [2.75, 3.05) is 19.0 Å². The molecule has 0 fully saturated rings. The number of rotatable bonds is 7. The van der Waals surface area contributed by atoms with Crippen molar-refractivity contribution in [3.8, 4) is 5.75 Å². The zero-order valence-electron chi connectivity index (χ0n) is 14.3. The Morgan fingerprint density at radius 2 is 1.72 bits per heavy atom. The Labute approximate surface area is 147 Å². The van der Waals surface area contributed by atoms with Crippen LogP contribution >= 0.6 is 0 Å². The van der Waals surface area contributed by atoms with E-state index in [2.05, 4.69) is 15.4 Å². The van der Waals surface area contributed by atoms with Crippen molar-refractivity contribution in [3.05, 3.63) is 60.2 Å². The van der Waals surface area contributed by atoms with Crippen LogP contribution < -0.4 is 15.4 Å². The minimum absolute atomic E-state index is 0.0953. The molecule has 0 aromatic heterocycles. The fourth-order valence-electron chi connectivity index (χ4n) is 2.18. The van der Waals surface area contributed by atoms with Gasteiger partial charge in [-0.15, -0.1) is 0 Å². The molecule has 2 amide bonds. The summed E-state index contributed by atoms with van der Waals surface area (Å²) >= 11 is 0. The lowest BCUT2D eigenvalue weighted by atomic mass is 10.1. The maximum Gasteiger partial charge on any atom is 0.319 e. The average molecular weight is 342 g/mol. The number of methoxy groups -OCH3 is 1. The van der Waals surface area contributed by atoms with E-state index in [0.717, 1.165) is 5.56 Å². The Morgan fingerprint density at radius 1 is 1.04 bits per heavy atom. The molecule has 1 atom stereocenters. The Bertz CT molecular complexity index is 686. The van der Waals surface area contributed by atoms with E-state index in [9.17, 15) is 9.59 Å². The molecule has 0 heterocycles. The zero-order chi connectivity index (χ0) is 18.1. The molecule has 25 heavy (non-hydrogen) atoms. The summed E-state index contributed by atoms with van der Waals surface area (Å²) in [4.78, 5) is 23.1. The van der Waals surface area contributed by atoms with Crippen molar-refractivity contribution < 1.29 is 19.1 Å². The van der Waals surface area contributed by atoms with E-state index in [1.54, 1.807) is 24.3 Å². The summed E-state index contributed by atoms with van der Waals surface area (Å²) in [5, 5.41) is 5.65. The SMILES string of the molecule is COC(=O)CCOc1ccc(NC(=O)N[C@@H](C)c2ccccc2)cc1. The van der Waals surface area contributed by atoms with Crippen molar-refractivity contribution in [1.29, 1.82) is 0 Å². The van der Waals surface area contributed by atoms with Crippen LogP contribution in [0.1, 0.15) is 24.9 Å². The molecular weight excluding hydrogens is 320 g/mol. The highest BCUT2D eigenvalue weighted by molar-refractivity contribution is 5.89. The summed E-state index contributed by atoms with van der Waals surface area (Å²) in [6.07, 6.45) is 0.191. The zero-order valence-corrected chi connectivity index (χ0v) is 14.3. The fourth-order valence-corrected chi connectivity index (χ4v) is 2.18. The summed E-state index contributed by atoms with van der Waals surface area (Å²) in [7, 11) is 1.34. The molecule has 0 unspecified atom stereocenters. The smallest absolute Gasteiger partial charge is 0.319 e. The maximum atomic E-state index is 12.1. The van der Waals surface area contributed by atoms with Crippen LogP contribution in [0.2, 0.25) is 0 Å². The topological polar surface area (TPSA) is 76.7 Å². The first kappa shape index (κ1) is 18.3. The van der Waals surface area contributed by atoms with Gasteiger partial charge in [0.15, 0.2) is 0 Å². The summed E-state index contributed by atoms with van der Waals surface area (Å²) in [6.45, 7) is 2.17. The average Bonchev–Trinajstić information content (AvgIpc) is 2.63. The van der Waals surface area contributed by atoms with E-state index < -0.39 is 0 Å². The van der Waals surface area contributed by atoms with Crippen molar-refractivity contribution in [1.82, 2.24) is 5.32 Å². The van der Waals surface area contributed by atoms with Crippen LogP contribution in [-0.4, -0.2) is 25.7 Å². The van der Waals surface area contributed by atoms with Gasteiger partial charge in [0.25, 0.3) is 0 Å². The van der Waals surface area contributed by atoms with Gasteiger partial charge in [0.05, 0.1) is 26.2 Å². The highest BCUT2D eigenvalue weighted by atomic mass is 16.5. The molecule has 6 heteroatoms. The van der Waals surface area contributed by atoms with E-state index in [4.69, 9.17) is 4.74 Å². The predicted octanol–water partition coefficient (Wildman–Crippen LogP) is 3.51. The Hall–Kier alpha value is -3.02. The quantitative estimate of drug-likeness (QED) is 0.755. The monoisotopic (exact) mass is 342 g/mol. The molecule has 2 rings (SSSR count). The number of amides is 2. The summed E-state index contributed by atoms with van der Waals surface area (Å²) in [6, 6.07) is 16.3. The van der Waals surface area contributed by atoms with Crippen molar-refractivity contribution in [3.63, 3.8) is 0 Å². The first-order chi connectivity index (χ1) is 12.1. The number of hydrogen-bond donors (Lipinski definition) is 2. The van der Waals surface area contributed by atoms with E-state index in [1.165, 1.54) is 7.11 Å². The van der Waals surface area contributed by atoms with Gasteiger partial charge in [0.1, 0.15) is 5.75 Å². The van der Waals surface area contributed by atoms with E-state index in [1.807, 2.05) is 37.3 Å². The first-order valence-corrected chi connectivity index (χ1v) is 8.00. The number of anilines is 1. The van der Waals surface area contributed by atoms with Crippen LogP contribution in [0.5, 0.6) is 5.75 Å². The maximum absolute atomic E-state index is 12.1. The third-order valence-corrected chi connectivity index (χ3v) is 3.56. The first-order valence-electron chi connectivity index (χ1n) is 8.00. The molecule has 0 spiro atoms. The number of carbonyl (C=O) groups is 2. The lowest BCUT2D eigenvalue weighted by molar-refractivity contribution is -0.141. The summed E-state index contributed by atoms with van der Waals surface area (Å²) in [5.41, 5.74) is 1.69. The normalized spacial score (nSPS) is 11.3. The van der Waals surface area contributed by atoms with E-state index in [-0.39, 0.29) is 31.1 Å². The number of nitrogens with one attached hydrogen (secondary N) is 2. The molecule has 0 saturated carbocycles. The molecule has 2 aromatic carbocycles. The number of urea groups is 1. The Kier molecular flexibility index (Phi) is 6.83. The van der Waals surface area contributed by atoms with Crippen molar-refractivity contribution in [2.45, 2.75) is 19.4 Å². The van der Waals surface area contributed by atoms with Gasteiger partial charge in [0.2, 0.25) is 0 Å². The van der Waals surface area contributed by atoms with Gasteiger partial charge in [-0.25, -0.2) is 4.79 Å². The second kappa shape index (κ2) is 9.32. The van der Waals surface area contributed by atoms with Crippen LogP contribution in [0, 0.1) is 0 Å². The van der Waals surface area contributed by atoms with E-state index in [0.29, 0.717) is 11.4 Å². The Morgan fingerprint density at radius 3 is 2.36 bits per heavy atom. The highest BCUT2D eigenvalue weighted by Gasteiger charge is 2.09. The van der Waals surface area contributed by atoms with Gasteiger partial charge >= 0.3 is 12.0 Å². The largest absolute Gasteiger partial charge is 0.493 e. The molecule has 0 aliphatic heterocycles. The molecule has 0 aliphatic rings. The number of carbonyl (C=O) groups excluding carboxylic acids is 2. The van der Waals surface area contributed by atoms with Crippen LogP contribution in [0.3, 0.4) is 0 Å². The van der Waals surface area contributed by atoms with E-state index >= 15 is 0 Å². The van der Waals surface area contributed by atoms with Gasteiger partial charge in [-0.2, -0.15) is 0 Å². The molecule has 0 radical (unpaired) electrons. The van der Waals surface area contributed by atoms with Crippen LogP contribution in [0.15, 0.2) is 54.6 Å². The number of ether oxygens (including phenoxy) is 2. The minimum Gasteiger partial charge on any atom is -0.493 e. The lowest BCUT2D eigenvalue weighted by Gasteiger charge is -2.15. The number of esters is 1. The third kappa shape index (κ3) is 6.18. The molecular formula is C19H22N2O4. The molecule has 6 nitrogen and oxygen atoms in total. The molecule has 132 valence electrons. The predicted molar refractivity (Wildman–Crippen MR) is 95.6 cm³/mol. The van der Waals surface area contributed by atoms with Gasteiger partial charge in [-0.1, -0.05) is 30.3 Å². The molecule has 2 N–H and O–H groups in total. The van der Waals surface area contributed by atoms with Gasteiger partial charge in [0, 0.05) is 5.69 Å². The van der Waals surface area contributed by atoms with Crippen LogP contribution in [0.25, 0.3) is 0 Å². The minimum atomic E-state index is -0.317. The van der Waals surface area contributed by atoms with Gasteiger partial charge in [-0.05, 0) is 36.8 Å². The standard InChI is InChI=1S/C19H22N2O4/c1-14(15-6-4-3-5-7-15)20-19(23)21-16-8-10-17(11-9-16)25-13-12-18(22)24-2/h3-11,14H,12-13H2,1-2H3,(H2,20,21,23)/t14-/m0/s1.